The fourth-order valence-electron chi connectivity index (χ4n) is 0.167. The molecule has 1 rings (SSSR count). The van der Waals surface area contributed by atoms with Crippen LogP contribution in [-0.2, 0) is 20.1 Å². The first-order valence-corrected chi connectivity index (χ1v) is 1.29. The number of aromatic amines is 1. The van der Waals surface area contributed by atoms with Gasteiger partial charge in [-0.05, 0) is 0 Å². The minimum Gasteiger partial charge on any atom is -0.334 e. The van der Waals surface area contributed by atoms with Crippen molar-refractivity contribution in [2.45, 2.75) is 0 Å². The first kappa shape index (κ1) is 5.79. The Bertz CT molecular complexity index is 65.3. The zero-order chi connectivity index (χ0) is 3.54. The summed E-state index contributed by atoms with van der Waals surface area (Å²) < 4.78 is 0. The molecule has 0 bridgehead atoms. The zero-order valence-electron chi connectivity index (χ0n) is 2.88. The van der Waals surface area contributed by atoms with E-state index >= 15 is 0 Å². The summed E-state index contributed by atoms with van der Waals surface area (Å²) >= 11 is 0. The second-order valence-electron chi connectivity index (χ2n) is 0.656. The van der Waals surface area contributed by atoms with Crippen molar-refractivity contribution in [1.82, 2.24) is 15.2 Å². The minimum absolute atomic E-state index is 0. The molecule has 3 nitrogen and oxygen atoms in total. The van der Waals surface area contributed by atoms with Crippen molar-refractivity contribution in [3.8, 4) is 0 Å². The maximum absolute atomic E-state index is 3.42. The fourth-order valence-corrected chi connectivity index (χ4v) is 0.167. The molecule has 4 heteroatoms. The van der Waals surface area contributed by atoms with Gasteiger partial charge in [-0.15, -0.1) is 10.2 Å². The summed E-state index contributed by atoms with van der Waals surface area (Å²) in [6.45, 7) is 0. The van der Waals surface area contributed by atoms with Gasteiger partial charge >= 0.3 is 0 Å². The maximum atomic E-state index is 3.42. The summed E-state index contributed by atoms with van der Waals surface area (Å²) in [5.41, 5.74) is 0. The Morgan fingerprint density at radius 3 is 1.83 bits per heavy atom. The number of nitrogens with zero attached hydrogens (tertiary/aromatic N) is 2. The van der Waals surface area contributed by atoms with Gasteiger partial charge in [-0.2, -0.15) is 0 Å². The van der Waals surface area contributed by atoms with Gasteiger partial charge < -0.3 is 4.98 Å². The summed E-state index contributed by atoms with van der Waals surface area (Å²) in [7, 11) is 0. The predicted molar refractivity (Wildman–Crippen MR) is 16.4 cm³/mol. The van der Waals surface area contributed by atoms with Crippen LogP contribution in [0.15, 0.2) is 12.7 Å². The van der Waals surface area contributed by atoms with E-state index in [0.717, 1.165) is 0 Å². The second kappa shape index (κ2) is 3.00. The molecule has 0 amide bonds. The molecule has 0 fully saturated rings. The third-order valence-electron chi connectivity index (χ3n) is 0.331. The topological polar surface area (TPSA) is 41.6 Å². The standard InChI is InChI=1S/C2H3N3.Ir/c1-3-2-5-4-1;/h1-2H,(H,3,4,5);. The van der Waals surface area contributed by atoms with Gasteiger partial charge in [0.05, 0.1) is 0 Å². The average Bonchev–Trinajstić information content (AvgIpc) is 1.76. The van der Waals surface area contributed by atoms with Crippen LogP contribution in [-0.4, -0.2) is 15.2 Å². The Balaban J connectivity index is 0.000000250. The Kier molecular flexibility index (Phi) is 2.89. The van der Waals surface area contributed by atoms with Gasteiger partial charge in [0.15, 0.2) is 0 Å². The first-order chi connectivity index (χ1) is 2.50. The van der Waals surface area contributed by atoms with Crippen LogP contribution in [0.2, 0.25) is 0 Å². The molecule has 0 aromatic carbocycles. The monoisotopic (exact) mass is 262 g/mol. The second-order valence-corrected chi connectivity index (χ2v) is 0.656. The quantitative estimate of drug-likeness (QED) is 0.703. The van der Waals surface area contributed by atoms with E-state index in [2.05, 4.69) is 15.2 Å². The molecule has 0 spiro atoms. The van der Waals surface area contributed by atoms with Gasteiger partial charge in [-0.1, -0.05) is 0 Å². The van der Waals surface area contributed by atoms with Gasteiger partial charge in [0.2, 0.25) is 0 Å². The molecule has 0 unspecified atom stereocenters. The molecule has 0 aliphatic heterocycles. The fraction of sp³-hybridized carbons (Fsp3) is 0. The molecule has 0 aliphatic carbocycles. The van der Waals surface area contributed by atoms with Crippen LogP contribution in [0.4, 0.5) is 0 Å². The van der Waals surface area contributed by atoms with Crippen molar-refractivity contribution in [3.63, 3.8) is 0 Å². The van der Waals surface area contributed by atoms with E-state index < -0.39 is 0 Å². The maximum Gasteiger partial charge on any atom is 0.116 e. The molecule has 0 aliphatic rings. The summed E-state index contributed by atoms with van der Waals surface area (Å²) in [4.78, 5) is 2.64. The van der Waals surface area contributed by atoms with Crippen LogP contribution >= 0.6 is 0 Å². The number of aromatic nitrogens is 3. The molecule has 1 aromatic rings. The molecule has 1 heterocycles. The number of rotatable bonds is 0. The van der Waals surface area contributed by atoms with Gasteiger partial charge in [-0.3, -0.25) is 0 Å². The third kappa shape index (κ3) is 1.29. The Morgan fingerprint density at radius 1 is 1.17 bits per heavy atom. The van der Waals surface area contributed by atoms with Crippen LogP contribution in [0.1, 0.15) is 0 Å². The van der Waals surface area contributed by atoms with Crippen LogP contribution in [0, 0.1) is 0 Å². The largest absolute Gasteiger partial charge is 0.334 e. The third-order valence-corrected chi connectivity index (χ3v) is 0.331. The van der Waals surface area contributed by atoms with Crippen molar-refractivity contribution in [1.29, 1.82) is 0 Å². The van der Waals surface area contributed by atoms with Crippen molar-refractivity contribution in [2.24, 2.45) is 0 Å². The summed E-state index contributed by atoms with van der Waals surface area (Å²) in [6, 6.07) is 0. The summed E-state index contributed by atoms with van der Waals surface area (Å²) in [5, 5.41) is 6.83. The molecular weight excluding hydrogens is 258 g/mol. The molecule has 1 aromatic heterocycles. The van der Waals surface area contributed by atoms with Gasteiger partial charge in [-0.25, -0.2) is 0 Å². The Labute approximate surface area is 48.5 Å². The molecular formula is C2H3IrN3. The van der Waals surface area contributed by atoms with Gasteiger partial charge in [0.1, 0.15) is 12.7 Å². The normalized spacial score (nSPS) is 6.67. The average molecular weight is 261 g/mol. The van der Waals surface area contributed by atoms with E-state index in [4.69, 9.17) is 0 Å². The smallest absolute Gasteiger partial charge is 0.116 e. The van der Waals surface area contributed by atoms with Crippen molar-refractivity contribution in [2.75, 3.05) is 0 Å². The van der Waals surface area contributed by atoms with E-state index in [0.29, 0.717) is 0 Å². The van der Waals surface area contributed by atoms with Crippen molar-refractivity contribution < 1.29 is 20.1 Å². The molecule has 6 heavy (non-hydrogen) atoms. The molecule has 1 N–H and O–H groups in total. The van der Waals surface area contributed by atoms with Gasteiger partial charge in [0.25, 0.3) is 0 Å². The molecule has 1 radical (unpaired) electrons. The Hall–Kier alpha value is -0.211. The van der Waals surface area contributed by atoms with Crippen LogP contribution in [0.5, 0.6) is 0 Å². The van der Waals surface area contributed by atoms with E-state index in [1.165, 1.54) is 12.7 Å². The van der Waals surface area contributed by atoms with Crippen LogP contribution in [0.3, 0.4) is 0 Å². The minimum atomic E-state index is 0. The molecule has 0 saturated heterocycles. The SMILES string of the molecule is [Ir].c1nnc[nH]1. The molecule has 35 valence electrons. The van der Waals surface area contributed by atoms with Gasteiger partial charge in [0, 0.05) is 20.1 Å². The van der Waals surface area contributed by atoms with Crippen molar-refractivity contribution in [3.05, 3.63) is 12.7 Å². The van der Waals surface area contributed by atoms with E-state index in [1.54, 1.807) is 0 Å². The number of hydrogen-bond acceptors (Lipinski definition) is 2. The number of H-pyrrole nitrogens is 1. The Morgan fingerprint density at radius 2 is 1.67 bits per heavy atom. The predicted octanol–water partition coefficient (Wildman–Crippen LogP) is -0.198. The van der Waals surface area contributed by atoms with E-state index in [1.807, 2.05) is 0 Å². The zero-order valence-corrected chi connectivity index (χ0v) is 5.28. The summed E-state index contributed by atoms with van der Waals surface area (Å²) in [5.74, 6) is 0. The van der Waals surface area contributed by atoms with E-state index in [9.17, 15) is 0 Å². The van der Waals surface area contributed by atoms with Crippen LogP contribution < -0.4 is 0 Å². The molecule has 0 atom stereocenters. The molecule has 0 saturated carbocycles. The first-order valence-electron chi connectivity index (χ1n) is 1.29. The van der Waals surface area contributed by atoms with Crippen LogP contribution in [0.25, 0.3) is 0 Å². The number of nitrogens with one attached hydrogen (secondary N) is 1. The number of hydrogen-bond donors (Lipinski definition) is 1. The van der Waals surface area contributed by atoms with E-state index in [-0.39, 0.29) is 20.1 Å². The van der Waals surface area contributed by atoms with Crippen molar-refractivity contribution >= 4 is 0 Å². The summed E-state index contributed by atoms with van der Waals surface area (Å²) in [6.07, 6.45) is 3.03.